The number of aliphatic hydroxyl groups is 1. The van der Waals surface area contributed by atoms with Crippen molar-refractivity contribution in [2.75, 3.05) is 13.2 Å². The Hall–Kier alpha value is -0.0800. The Kier molecular flexibility index (Phi) is 10.9. The van der Waals surface area contributed by atoms with Gasteiger partial charge in [0, 0.05) is 13.2 Å². The molecule has 0 aromatic heterocycles. The van der Waals surface area contributed by atoms with Gasteiger partial charge < -0.3 is 9.84 Å². The van der Waals surface area contributed by atoms with E-state index in [0.717, 1.165) is 25.9 Å². The molecule has 0 radical (unpaired) electrons. The molecule has 0 amide bonds. The predicted molar refractivity (Wildman–Crippen MR) is 60.5 cm³/mol. The van der Waals surface area contributed by atoms with Crippen molar-refractivity contribution in [3.8, 4) is 0 Å². The van der Waals surface area contributed by atoms with E-state index in [4.69, 9.17) is 9.84 Å². The zero-order valence-corrected chi connectivity index (χ0v) is 9.80. The fourth-order valence-corrected chi connectivity index (χ4v) is 1.44. The van der Waals surface area contributed by atoms with Crippen LogP contribution in [0.25, 0.3) is 0 Å². The molecule has 14 heavy (non-hydrogen) atoms. The summed E-state index contributed by atoms with van der Waals surface area (Å²) in [5, 5.41) is 8.60. The highest BCUT2D eigenvalue weighted by atomic mass is 16.5. The standard InChI is InChI=1S/C12H26O2/c1-3-4-8-11-14-12(2)9-6-5-7-10-13/h12-13H,3-11H2,1-2H3. The molecule has 0 aromatic rings. The van der Waals surface area contributed by atoms with Gasteiger partial charge in [-0.25, -0.2) is 0 Å². The lowest BCUT2D eigenvalue weighted by molar-refractivity contribution is 0.0557. The second-order valence-electron chi connectivity index (χ2n) is 3.96. The van der Waals surface area contributed by atoms with E-state index in [2.05, 4.69) is 13.8 Å². The SMILES string of the molecule is CCCCCOC(C)CCCCCO. The maximum atomic E-state index is 8.60. The van der Waals surface area contributed by atoms with Gasteiger partial charge in [0.2, 0.25) is 0 Å². The third-order valence-electron chi connectivity index (χ3n) is 2.42. The quantitative estimate of drug-likeness (QED) is 0.551. The Morgan fingerprint density at radius 1 is 1.07 bits per heavy atom. The van der Waals surface area contributed by atoms with Crippen LogP contribution in [0.15, 0.2) is 0 Å². The molecule has 1 unspecified atom stereocenters. The first-order valence-corrected chi connectivity index (χ1v) is 6.03. The molecule has 0 aliphatic carbocycles. The minimum Gasteiger partial charge on any atom is -0.396 e. The van der Waals surface area contributed by atoms with Gasteiger partial charge in [-0.15, -0.1) is 0 Å². The molecule has 0 bridgehead atoms. The van der Waals surface area contributed by atoms with Crippen molar-refractivity contribution in [2.24, 2.45) is 0 Å². The number of aliphatic hydroxyl groups excluding tert-OH is 1. The van der Waals surface area contributed by atoms with Crippen molar-refractivity contribution < 1.29 is 9.84 Å². The van der Waals surface area contributed by atoms with Gasteiger partial charge in [-0.05, 0) is 26.2 Å². The van der Waals surface area contributed by atoms with Crippen LogP contribution in [0.5, 0.6) is 0 Å². The predicted octanol–water partition coefficient (Wildman–Crippen LogP) is 3.13. The van der Waals surface area contributed by atoms with E-state index in [1.807, 2.05) is 0 Å². The van der Waals surface area contributed by atoms with Crippen LogP contribution in [0.1, 0.15) is 58.8 Å². The summed E-state index contributed by atoms with van der Waals surface area (Å²) in [7, 11) is 0. The Morgan fingerprint density at radius 3 is 2.50 bits per heavy atom. The molecular formula is C12H26O2. The largest absolute Gasteiger partial charge is 0.396 e. The monoisotopic (exact) mass is 202 g/mol. The molecule has 2 heteroatoms. The van der Waals surface area contributed by atoms with E-state index in [-0.39, 0.29) is 0 Å². The van der Waals surface area contributed by atoms with Gasteiger partial charge in [-0.2, -0.15) is 0 Å². The van der Waals surface area contributed by atoms with Crippen LogP contribution in [0.4, 0.5) is 0 Å². The van der Waals surface area contributed by atoms with Crippen LogP contribution in [0.3, 0.4) is 0 Å². The van der Waals surface area contributed by atoms with Gasteiger partial charge in [0.25, 0.3) is 0 Å². The van der Waals surface area contributed by atoms with E-state index in [1.165, 1.54) is 25.7 Å². The normalized spacial score (nSPS) is 13.1. The summed E-state index contributed by atoms with van der Waals surface area (Å²) in [6, 6.07) is 0. The average Bonchev–Trinajstić information content (AvgIpc) is 2.19. The van der Waals surface area contributed by atoms with Crippen molar-refractivity contribution in [1.29, 1.82) is 0 Å². The van der Waals surface area contributed by atoms with Gasteiger partial charge in [-0.3, -0.25) is 0 Å². The Balaban J connectivity index is 3.07. The van der Waals surface area contributed by atoms with E-state index >= 15 is 0 Å². The Morgan fingerprint density at radius 2 is 1.86 bits per heavy atom. The first-order chi connectivity index (χ1) is 6.81. The summed E-state index contributed by atoms with van der Waals surface area (Å²) >= 11 is 0. The van der Waals surface area contributed by atoms with Crippen molar-refractivity contribution in [1.82, 2.24) is 0 Å². The summed E-state index contributed by atoms with van der Waals surface area (Å²) < 4.78 is 5.66. The van der Waals surface area contributed by atoms with E-state index in [0.29, 0.717) is 12.7 Å². The van der Waals surface area contributed by atoms with Crippen LogP contribution in [-0.2, 0) is 4.74 Å². The number of hydrogen-bond donors (Lipinski definition) is 1. The molecule has 0 saturated carbocycles. The highest BCUT2D eigenvalue weighted by Crippen LogP contribution is 2.07. The van der Waals surface area contributed by atoms with Crippen LogP contribution < -0.4 is 0 Å². The summed E-state index contributed by atoms with van der Waals surface area (Å²) in [4.78, 5) is 0. The number of unbranched alkanes of at least 4 members (excludes halogenated alkanes) is 4. The lowest BCUT2D eigenvalue weighted by atomic mass is 10.1. The van der Waals surface area contributed by atoms with Crippen molar-refractivity contribution in [3.05, 3.63) is 0 Å². The Labute approximate surface area is 88.7 Å². The second kappa shape index (κ2) is 11.0. The highest BCUT2D eigenvalue weighted by molar-refractivity contribution is 4.51. The molecule has 0 heterocycles. The molecule has 0 fully saturated rings. The zero-order chi connectivity index (χ0) is 10.6. The van der Waals surface area contributed by atoms with E-state index < -0.39 is 0 Å². The maximum Gasteiger partial charge on any atom is 0.0547 e. The minimum atomic E-state index is 0.325. The molecule has 2 nitrogen and oxygen atoms in total. The van der Waals surface area contributed by atoms with Gasteiger partial charge in [0.15, 0.2) is 0 Å². The lowest BCUT2D eigenvalue weighted by Crippen LogP contribution is -2.09. The maximum absolute atomic E-state index is 8.60. The number of rotatable bonds is 10. The number of hydrogen-bond acceptors (Lipinski definition) is 2. The molecule has 0 aliphatic rings. The van der Waals surface area contributed by atoms with Gasteiger partial charge >= 0.3 is 0 Å². The summed E-state index contributed by atoms with van der Waals surface area (Å²) in [5.74, 6) is 0. The van der Waals surface area contributed by atoms with Crippen LogP contribution >= 0.6 is 0 Å². The first kappa shape index (κ1) is 13.9. The number of ether oxygens (including phenoxy) is 1. The van der Waals surface area contributed by atoms with Gasteiger partial charge in [0.05, 0.1) is 6.10 Å². The van der Waals surface area contributed by atoms with Crippen molar-refractivity contribution in [2.45, 2.75) is 64.9 Å². The van der Waals surface area contributed by atoms with Gasteiger partial charge in [-0.1, -0.05) is 32.6 Å². The van der Waals surface area contributed by atoms with E-state index in [1.54, 1.807) is 0 Å². The summed E-state index contributed by atoms with van der Waals surface area (Å²) in [6.45, 7) is 5.59. The van der Waals surface area contributed by atoms with E-state index in [9.17, 15) is 0 Å². The van der Waals surface area contributed by atoms with Crippen LogP contribution in [0.2, 0.25) is 0 Å². The summed E-state index contributed by atoms with van der Waals surface area (Å²) in [6.07, 6.45) is 8.48. The fraction of sp³-hybridized carbons (Fsp3) is 1.00. The molecule has 1 N–H and O–H groups in total. The van der Waals surface area contributed by atoms with Gasteiger partial charge in [0.1, 0.15) is 0 Å². The summed E-state index contributed by atoms with van der Waals surface area (Å²) in [5.41, 5.74) is 0. The van der Waals surface area contributed by atoms with Crippen LogP contribution in [0, 0.1) is 0 Å². The molecule has 0 rings (SSSR count). The highest BCUT2D eigenvalue weighted by Gasteiger charge is 2.00. The zero-order valence-electron chi connectivity index (χ0n) is 9.80. The smallest absolute Gasteiger partial charge is 0.0547 e. The third kappa shape index (κ3) is 10.0. The third-order valence-corrected chi connectivity index (χ3v) is 2.42. The topological polar surface area (TPSA) is 29.5 Å². The molecule has 86 valence electrons. The van der Waals surface area contributed by atoms with Crippen molar-refractivity contribution >= 4 is 0 Å². The molecule has 1 atom stereocenters. The fourth-order valence-electron chi connectivity index (χ4n) is 1.44. The lowest BCUT2D eigenvalue weighted by Gasteiger charge is -2.12. The van der Waals surface area contributed by atoms with Crippen LogP contribution in [-0.4, -0.2) is 24.4 Å². The average molecular weight is 202 g/mol. The second-order valence-corrected chi connectivity index (χ2v) is 3.96. The Bertz CT molecular complexity index is 92.5. The minimum absolute atomic E-state index is 0.325. The first-order valence-electron chi connectivity index (χ1n) is 6.03. The molecule has 0 spiro atoms. The molecule has 0 aromatic carbocycles. The molecule has 0 saturated heterocycles. The molecule has 0 aliphatic heterocycles. The molecular weight excluding hydrogens is 176 g/mol. The van der Waals surface area contributed by atoms with Crippen molar-refractivity contribution in [3.63, 3.8) is 0 Å².